The molecular formula is C10H17NO5. The van der Waals surface area contributed by atoms with E-state index in [-0.39, 0.29) is 5.92 Å². The lowest BCUT2D eigenvalue weighted by Crippen LogP contribution is -2.48. The third kappa shape index (κ3) is 2.70. The maximum Gasteiger partial charge on any atom is 0.294 e. The second-order valence-electron chi connectivity index (χ2n) is 4.54. The van der Waals surface area contributed by atoms with Crippen LogP contribution in [-0.4, -0.2) is 22.0 Å². The van der Waals surface area contributed by atoms with E-state index in [1.807, 2.05) is 6.92 Å². The van der Waals surface area contributed by atoms with E-state index in [1.165, 1.54) is 0 Å². The molecule has 3 atom stereocenters. The minimum Gasteiger partial charge on any atom is -0.307 e. The fraction of sp³-hybridized carbons (Fsp3) is 0.800. The van der Waals surface area contributed by atoms with E-state index in [2.05, 4.69) is 16.3 Å². The molecule has 0 aromatic rings. The Morgan fingerprint density at radius 1 is 1.69 bits per heavy atom. The van der Waals surface area contributed by atoms with Crippen LogP contribution in [0.1, 0.15) is 33.1 Å². The molecule has 0 spiro atoms. The first kappa shape index (κ1) is 12.9. The lowest BCUT2D eigenvalue weighted by Gasteiger charge is -2.40. The normalized spacial score (nSPS) is 34.4. The first-order valence-electron chi connectivity index (χ1n) is 5.18. The lowest BCUT2D eigenvalue weighted by molar-refractivity contribution is -0.775. The Kier molecular flexibility index (Phi) is 3.88. The zero-order valence-electron chi connectivity index (χ0n) is 9.51. The van der Waals surface area contributed by atoms with Gasteiger partial charge in [-0.2, -0.15) is 0 Å². The van der Waals surface area contributed by atoms with Gasteiger partial charge in [0.05, 0.1) is 0 Å². The summed E-state index contributed by atoms with van der Waals surface area (Å²) < 4.78 is 0. The summed E-state index contributed by atoms with van der Waals surface area (Å²) >= 11 is 0. The Hall–Kier alpha value is -1.14. The van der Waals surface area contributed by atoms with Crippen molar-refractivity contribution in [3.8, 4) is 0 Å². The van der Waals surface area contributed by atoms with Crippen molar-refractivity contribution < 1.29 is 20.1 Å². The monoisotopic (exact) mass is 231 g/mol. The molecule has 6 nitrogen and oxygen atoms in total. The summed E-state index contributed by atoms with van der Waals surface area (Å²) in [4.78, 5) is 19.3. The Labute approximate surface area is 93.9 Å². The maximum absolute atomic E-state index is 10.4. The Morgan fingerprint density at radius 2 is 2.31 bits per heavy atom. The van der Waals surface area contributed by atoms with Crippen LogP contribution >= 0.6 is 0 Å². The second-order valence-corrected chi connectivity index (χ2v) is 4.54. The van der Waals surface area contributed by atoms with Gasteiger partial charge in [0.15, 0.2) is 0 Å². The third-order valence-corrected chi connectivity index (χ3v) is 3.29. The van der Waals surface area contributed by atoms with E-state index < -0.39 is 16.8 Å². The van der Waals surface area contributed by atoms with Crippen molar-refractivity contribution in [1.29, 1.82) is 0 Å². The zero-order chi connectivity index (χ0) is 12.3. The van der Waals surface area contributed by atoms with E-state index in [0.717, 1.165) is 12.0 Å². The van der Waals surface area contributed by atoms with Crippen molar-refractivity contribution in [3.63, 3.8) is 0 Å². The van der Waals surface area contributed by atoms with Gasteiger partial charge in [0.2, 0.25) is 0 Å². The summed E-state index contributed by atoms with van der Waals surface area (Å²) in [5.41, 5.74) is -0.0455. The highest BCUT2D eigenvalue weighted by atomic mass is 17.1. The highest BCUT2D eigenvalue weighted by Crippen LogP contribution is 2.38. The summed E-state index contributed by atoms with van der Waals surface area (Å²) in [7, 11) is 0. The van der Waals surface area contributed by atoms with Crippen LogP contribution in [0, 0.1) is 16.0 Å². The Morgan fingerprint density at radius 3 is 2.75 bits per heavy atom. The molecule has 0 radical (unpaired) electrons. The van der Waals surface area contributed by atoms with Gasteiger partial charge in [-0.25, -0.2) is 4.89 Å². The number of rotatable bonds is 4. The van der Waals surface area contributed by atoms with Gasteiger partial charge in [-0.1, -0.05) is 12.2 Å². The van der Waals surface area contributed by atoms with Crippen LogP contribution in [0.15, 0.2) is 12.2 Å². The highest BCUT2D eigenvalue weighted by Gasteiger charge is 2.44. The van der Waals surface area contributed by atoms with Gasteiger partial charge < -0.3 is 4.84 Å². The van der Waals surface area contributed by atoms with Gasteiger partial charge in [-0.3, -0.25) is 5.26 Å². The topological polar surface area (TPSA) is 81.8 Å². The van der Waals surface area contributed by atoms with E-state index in [9.17, 15) is 10.1 Å². The van der Waals surface area contributed by atoms with Gasteiger partial charge in [0.25, 0.3) is 5.09 Å². The van der Waals surface area contributed by atoms with Crippen LogP contribution in [0.4, 0.5) is 0 Å². The maximum atomic E-state index is 10.4. The number of hydrogen-bond acceptors (Lipinski definition) is 5. The van der Waals surface area contributed by atoms with Crippen LogP contribution in [0.25, 0.3) is 0 Å². The molecule has 16 heavy (non-hydrogen) atoms. The van der Waals surface area contributed by atoms with Crippen molar-refractivity contribution in [3.05, 3.63) is 22.3 Å². The van der Waals surface area contributed by atoms with Crippen LogP contribution in [0.3, 0.4) is 0 Å². The van der Waals surface area contributed by atoms with Crippen molar-refractivity contribution in [2.45, 2.75) is 44.8 Å². The molecule has 1 fully saturated rings. The first-order valence-corrected chi connectivity index (χ1v) is 5.18. The van der Waals surface area contributed by atoms with Crippen LogP contribution in [-0.2, 0) is 9.73 Å². The van der Waals surface area contributed by atoms with E-state index >= 15 is 0 Å². The fourth-order valence-corrected chi connectivity index (χ4v) is 2.06. The van der Waals surface area contributed by atoms with Gasteiger partial charge in [0, 0.05) is 0 Å². The van der Waals surface area contributed by atoms with Crippen LogP contribution < -0.4 is 0 Å². The molecule has 0 aliphatic heterocycles. The van der Waals surface area contributed by atoms with Crippen molar-refractivity contribution in [1.82, 2.24) is 0 Å². The molecule has 0 aromatic heterocycles. The Bertz CT molecular complexity index is 293. The minimum absolute atomic E-state index is 0.174. The molecule has 1 rings (SSSR count). The van der Waals surface area contributed by atoms with E-state index in [1.54, 1.807) is 6.92 Å². The second kappa shape index (κ2) is 4.80. The molecule has 1 N–H and O–H groups in total. The Balaban J connectivity index is 2.77. The van der Waals surface area contributed by atoms with Crippen molar-refractivity contribution >= 4 is 0 Å². The summed E-state index contributed by atoms with van der Waals surface area (Å²) in [5, 5.41) is 18.4. The molecule has 0 amide bonds. The SMILES string of the molecule is C=C(C)C1CCC(C)(OO)C(O[N+](=O)[O-])C1. The summed E-state index contributed by atoms with van der Waals surface area (Å²) in [6.07, 6.45) is 0.958. The lowest BCUT2D eigenvalue weighted by atomic mass is 9.75. The smallest absolute Gasteiger partial charge is 0.294 e. The summed E-state index contributed by atoms with van der Waals surface area (Å²) in [6.45, 7) is 7.33. The standard InChI is InChI=1S/C10H17NO5/c1-7(2)8-4-5-10(3,16-14)9(6-8)15-11(12)13/h8-9,14H,1,4-6H2,2-3H3. The van der Waals surface area contributed by atoms with Crippen molar-refractivity contribution in [2.24, 2.45) is 5.92 Å². The molecule has 3 unspecified atom stereocenters. The molecule has 0 heterocycles. The molecule has 1 aliphatic carbocycles. The molecule has 1 saturated carbocycles. The minimum atomic E-state index is -1.01. The predicted octanol–water partition coefficient (Wildman–Crippen LogP) is 2.19. The average Bonchev–Trinajstić information content (AvgIpc) is 2.20. The van der Waals surface area contributed by atoms with Gasteiger partial charge >= 0.3 is 0 Å². The predicted molar refractivity (Wildman–Crippen MR) is 56.1 cm³/mol. The van der Waals surface area contributed by atoms with E-state index in [4.69, 9.17) is 5.26 Å². The largest absolute Gasteiger partial charge is 0.307 e. The molecule has 6 heteroatoms. The third-order valence-electron chi connectivity index (χ3n) is 3.29. The van der Waals surface area contributed by atoms with Gasteiger partial charge in [0.1, 0.15) is 11.7 Å². The molecule has 0 bridgehead atoms. The van der Waals surface area contributed by atoms with Gasteiger partial charge in [-0.05, 0) is 39.0 Å². The highest BCUT2D eigenvalue weighted by molar-refractivity contribution is 5.03. The fourth-order valence-electron chi connectivity index (χ4n) is 2.06. The van der Waals surface area contributed by atoms with E-state index in [0.29, 0.717) is 12.8 Å². The number of allylic oxidation sites excluding steroid dienone is 1. The quantitative estimate of drug-likeness (QED) is 0.347. The number of hydrogen-bond donors (Lipinski definition) is 1. The molecule has 0 saturated heterocycles. The summed E-state index contributed by atoms with van der Waals surface area (Å²) in [5.74, 6) is 0.174. The molecule has 92 valence electrons. The molecular weight excluding hydrogens is 214 g/mol. The molecule has 0 aromatic carbocycles. The summed E-state index contributed by atoms with van der Waals surface area (Å²) in [6, 6.07) is 0. The zero-order valence-corrected chi connectivity index (χ0v) is 9.51. The van der Waals surface area contributed by atoms with Crippen LogP contribution in [0.5, 0.6) is 0 Å². The van der Waals surface area contributed by atoms with Crippen molar-refractivity contribution in [2.75, 3.05) is 0 Å². The first-order chi connectivity index (χ1) is 7.39. The van der Waals surface area contributed by atoms with Gasteiger partial charge in [-0.15, -0.1) is 10.1 Å². The number of nitrogens with zero attached hydrogens (tertiary/aromatic N) is 1. The van der Waals surface area contributed by atoms with Crippen LogP contribution in [0.2, 0.25) is 0 Å². The average molecular weight is 231 g/mol. The molecule has 1 aliphatic rings.